The minimum absolute atomic E-state index is 0.203. The summed E-state index contributed by atoms with van der Waals surface area (Å²) in [6.45, 7) is 7.19. The van der Waals surface area contributed by atoms with Gasteiger partial charge in [0.25, 0.3) is 0 Å². The average molecular weight is 207 g/mol. The number of carbonyl (C=O) groups excluding carboxylic acids is 1. The van der Waals surface area contributed by atoms with E-state index in [1.165, 1.54) is 0 Å². The molecule has 0 bridgehead atoms. The number of hydrogen-bond acceptors (Lipinski definition) is 2. The fraction of sp³-hybridized carbons (Fsp3) is 0.750. The summed E-state index contributed by atoms with van der Waals surface area (Å²) >= 11 is 0. The Morgan fingerprint density at radius 2 is 1.93 bits per heavy atom. The van der Waals surface area contributed by atoms with Crippen LogP contribution in [0.25, 0.3) is 0 Å². The molecule has 0 spiro atoms. The van der Waals surface area contributed by atoms with Crippen LogP contribution in [0.1, 0.15) is 20.8 Å². The summed E-state index contributed by atoms with van der Waals surface area (Å²) < 4.78 is 5.29. The van der Waals surface area contributed by atoms with Gasteiger partial charge in [0.15, 0.2) is 0 Å². The molecule has 2 aliphatic rings. The zero-order chi connectivity index (χ0) is 11.2. The molecule has 1 aliphatic carbocycles. The SMILES string of the molecule is C#CC1C2CN(C(=O)OC(C)(C)C)CC12. The molecule has 2 rings (SSSR count). The van der Waals surface area contributed by atoms with Crippen LogP contribution in [0.5, 0.6) is 0 Å². The molecule has 0 aromatic rings. The maximum Gasteiger partial charge on any atom is 0.410 e. The number of piperidine rings is 1. The minimum Gasteiger partial charge on any atom is -0.444 e. The molecular formula is C12H17NO2. The van der Waals surface area contributed by atoms with E-state index >= 15 is 0 Å². The van der Waals surface area contributed by atoms with Crippen LogP contribution >= 0.6 is 0 Å². The Labute approximate surface area is 90.8 Å². The van der Waals surface area contributed by atoms with E-state index in [0.29, 0.717) is 17.8 Å². The van der Waals surface area contributed by atoms with Crippen molar-refractivity contribution in [2.45, 2.75) is 26.4 Å². The molecule has 0 N–H and O–H groups in total. The second-order valence-corrected chi connectivity index (χ2v) is 5.41. The maximum atomic E-state index is 11.7. The average Bonchev–Trinajstić information content (AvgIpc) is 2.54. The van der Waals surface area contributed by atoms with Crippen LogP contribution in [0.4, 0.5) is 4.79 Å². The Bertz CT molecular complexity index is 311. The van der Waals surface area contributed by atoms with Crippen molar-refractivity contribution in [3.05, 3.63) is 0 Å². The van der Waals surface area contributed by atoms with Crippen molar-refractivity contribution >= 4 is 6.09 Å². The Balaban J connectivity index is 1.85. The predicted molar refractivity (Wildman–Crippen MR) is 57.1 cm³/mol. The highest BCUT2D eigenvalue weighted by molar-refractivity contribution is 5.69. The fourth-order valence-corrected chi connectivity index (χ4v) is 2.25. The molecule has 1 amide bonds. The highest BCUT2D eigenvalue weighted by atomic mass is 16.6. The molecule has 0 radical (unpaired) electrons. The third-order valence-electron chi connectivity index (χ3n) is 3.04. The van der Waals surface area contributed by atoms with E-state index in [9.17, 15) is 4.79 Å². The molecule has 1 saturated heterocycles. The lowest BCUT2D eigenvalue weighted by Gasteiger charge is -2.25. The molecule has 3 heteroatoms. The third kappa shape index (κ3) is 1.94. The Morgan fingerprint density at radius 1 is 1.40 bits per heavy atom. The summed E-state index contributed by atoms with van der Waals surface area (Å²) in [5, 5.41) is 0. The van der Waals surface area contributed by atoms with Crippen LogP contribution in [0, 0.1) is 30.1 Å². The second-order valence-electron chi connectivity index (χ2n) is 5.41. The van der Waals surface area contributed by atoms with Gasteiger partial charge < -0.3 is 9.64 Å². The number of hydrogen-bond donors (Lipinski definition) is 0. The lowest BCUT2D eigenvalue weighted by molar-refractivity contribution is 0.0269. The van der Waals surface area contributed by atoms with Crippen molar-refractivity contribution in [3.63, 3.8) is 0 Å². The summed E-state index contributed by atoms with van der Waals surface area (Å²) in [6, 6.07) is 0. The molecule has 3 nitrogen and oxygen atoms in total. The van der Waals surface area contributed by atoms with Gasteiger partial charge in [-0.1, -0.05) is 0 Å². The number of rotatable bonds is 0. The van der Waals surface area contributed by atoms with Gasteiger partial charge in [-0.3, -0.25) is 0 Å². The van der Waals surface area contributed by atoms with E-state index in [0.717, 1.165) is 13.1 Å². The van der Waals surface area contributed by atoms with Crippen molar-refractivity contribution in [3.8, 4) is 12.3 Å². The smallest absolute Gasteiger partial charge is 0.410 e. The van der Waals surface area contributed by atoms with Gasteiger partial charge in [0.1, 0.15) is 5.60 Å². The van der Waals surface area contributed by atoms with Crippen molar-refractivity contribution in [1.29, 1.82) is 0 Å². The van der Waals surface area contributed by atoms with Gasteiger partial charge in [-0.15, -0.1) is 12.3 Å². The zero-order valence-electron chi connectivity index (χ0n) is 9.49. The molecule has 15 heavy (non-hydrogen) atoms. The molecule has 2 atom stereocenters. The van der Waals surface area contributed by atoms with E-state index < -0.39 is 5.60 Å². The number of nitrogens with zero attached hydrogens (tertiary/aromatic N) is 1. The van der Waals surface area contributed by atoms with Crippen LogP contribution in [0.15, 0.2) is 0 Å². The fourth-order valence-electron chi connectivity index (χ4n) is 2.25. The van der Waals surface area contributed by atoms with E-state index in [4.69, 9.17) is 11.2 Å². The first-order chi connectivity index (χ1) is 6.92. The predicted octanol–water partition coefficient (Wildman–Crippen LogP) is 1.73. The lowest BCUT2D eigenvalue weighted by Crippen LogP contribution is -2.36. The number of likely N-dealkylation sites (tertiary alicyclic amines) is 1. The van der Waals surface area contributed by atoms with E-state index in [2.05, 4.69) is 5.92 Å². The molecule has 0 aromatic carbocycles. The van der Waals surface area contributed by atoms with Gasteiger partial charge in [-0.25, -0.2) is 4.79 Å². The van der Waals surface area contributed by atoms with E-state index in [1.54, 1.807) is 4.90 Å². The second kappa shape index (κ2) is 3.16. The van der Waals surface area contributed by atoms with Crippen molar-refractivity contribution in [2.24, 2.45) is 17.8 Å². The Hall–Kier alpha value is -1.17. The highest BCUT2D eigenvalue weighted by Gasteiger charge is 2.56. The molecular weight excluding hydrogens is 190 g/mol. The number of carbonyl (C=O) groups is 1. The van der Waals surface area contributed by atoms with Crippen LogP contribution < -0.4 is 0 Å². The van der Waals surface area contributed by atoms with Gasteiger partial charge in [0.05, 0.1) is 0 Å². The monoisotopic (exact) mass is 207 g/mol. The molecule has 0 aromatic heterocycles. The van der Waals surface area contributed by atoms with Gasteiger partial charge in [0, 0.05) is 19.0 Å². The van der Waals surface area contributed by atoms with Gasteiger partial charge in [-0.2, -0.15) is 0 Å². The summed E-state index contributed by atoms with van der Waals surface area (Å²) in [6.07, 6.45) is 5.16. The molecule has 1 aliphatic heterocycles. The summed E-state index contributed by atoms with van der Waals surface area (Å²) in [5.74, 6) is 4.24. The largest absolute Gasteiger partial charge is 0.444 e. The zero-order valence-corrected chi connectivity index (χ0v) is 9.49. The first kappa shape index (κ1) is 10.4. The highest BCUT2D eigenvalue weighted by Crippen LogP contribution is 2.51. The van der Waals surface area contributed by atoms with Crippen LogP contribution in [0.3, 0.4) is 0 Å². The standard InChI is InChI=1S/C12H17NO2/c1-5-8-9-6-13(7-10(8)9)11(14)15-12(2,3)4/h1,8-10H,6-7H2,2-4H3. The molecule has 2 fully saturated rings. The van der Waals surface area contributed by atoms with Gasteiger partial charge in [-0.05, 0) is 32.6 Å². The van der Waals surface area contributed by atoms with Crippen LogP contribution in [0.2, 0.25) is 0 Å². The lowest BCUT2D eigenvalue weighted by atomic mass is 10.2. The summed E-state index contributed by atoms with van der Waals surface area (Å²) in [7, 11) is 0. The van der Waals surface area contributed by atoms with Crippen LogP contribution in [-0.4, -0.2) is 29.7 Å². The minimum atomic E-state index is -0.407. The third-order valence-corrected chi connectivity index (χ3v) is 3.04. The Morgan fingerprint density at radius 3 is 2.33 bits per heavy atom. The summed E-state index contributed by atoms with van der Waals surface area (Å²) in [4.78, 5) is 13.4. The first-order valence-electron chi connectivity index (χ1n) is 5.36. The quantitative estimate of drug-likeness (QED) is 0.566. The number of amides is 1. The first-order valence-corrected chi connectivity index (χ1v) is 5.36. The van der Waals surface area contributed by atoms with E-state index in [-0.39, 0.29) is 6.09 Å². The van der Waals surface area contributed by atoms with Crippen molar-refractivity contribution in [2.75, 3.05) is 13.1 Å². The Kier molecular flexibility index (Phi) is 2.18. The number of fused-ring (bicyclic) bond motifs is 1. The van der Waals surface area contributed by atoms with Gasteiger partial charge >= 0.3 is 6.09 Å². The topological polar surface area (TPSA) is 29.5 Å². The number of terminal acetylenes is 1. The summed E-state index contributed by atoms with van der Waals surface area (Å²) in [5.41, 5.74) is -0.407. The van der Waals surface area contributed by atoms with Crippen LogP contribution in [-0.2, 0) is 4.74 Å². The molecule has 1 saturated carbocycles. The molecule has 2 unspecified atom stereocenters. The molecule has 82 valence electrons. The van der Waals surface area contributed by atoms with Crippen molar-refractivity contribution < 1.29 is 9.53 Å². The molecule has 1 heterocycles. The van der Waals surface area contributed by atoms with Gasteiger partial charge in [0.2, 0.25) is 0 Å². The number of ether oxygens (including phenoxy) is 1. The normalized spacial score (nSPS) is 33.2. The maximum absolute atomic E-state index is 11.7. The van der Waals surface area contributed by atoms with Crippen molar-refractivity contribution in [1.82, 2.24) is 4.90 Å². The van der Waals surface area contributed by atoms with E-state index in [1.807, 2.05) is 20.8 Å².